The van der Waals surface area contributed by atoms with Crippen molar-refractivity contribution in [1.29, 1.82) is 5.26 Å². The van der Waals surface area contributed by atoms with E-state index in [-0.39, 0.29) is 24.1 Å². The number of hydrogen-bond donors (Lipinski definition) is 1. The number of methoxy groups -OCH3 is 1. The minimum atomic E-state index is -0.354. The third kappa shape index (κ3) is 5.01. The van der Waals surface area contributed by atoms with Gasteiger partial charge in [0, 0.05) is 10.5 Å². The highest BCUT2D eigenvalue weighted by molar-refractivity contribution is 9.10. The molecule has 0 saturated heterocycles. The van der Waals surface area contributed by atoms with Crippen LogP contribution >= 0.6 is 15.9 Å². The first-order chi connectivity index (χ1) is 12.1. The van der Waals surface area contributed by atoms with Crippen LogP contribution in [0.2, 0.25) is 0 Å². The van der Waals surface area contributed by atoms with E-state index in [4.69, 9.17) is 15.9 Å². The Balaban J connectivity index is 2.25. The second kappa shape index (κ2) is 9.15. The lowest BCUT2D eigenvalue weighted by atomic mass is 10.1. The Morgan fingerprint density at radius 1 is 1.44 bits per heavy atom. The molecule has 1 aromatic rings. The normalized spacial score (nSPS) is 14.5. The van der Waals surface area contributed by atoms with Crippen LogP contribution in [-0.2, 0) is 4.79 Å². The molecule has 1 amide bonds. The van der Waals surface area contributed by atoms with Gasteiger partial charge in [0.15, 0.2) is 11.5 Å². The maximum absolute atomic E-state index is 12.3. The highest BCUT2D eigenvalue weighted by Gasteiger charge is 2.20. The molecule has 0 heterocycles. The predicted molar refractivity (Wildman–Crippen MR) is 99.0 cm³/mol. The first-order valence-corrected chi connectivity index (χ1v) is 8.74. The van der Waals surface area contributed by atoms with Gasteiger partial charge in [0.05, 0.1) is 7.11 Å². The molecule has 0 spiro atoms. The van der Waals surface area contributed by atoms with Crippen LogP contribution in [0.3, 0.4) is 0 Å². The maximum Gasteiger partial charge on any atom is 0.262 e. The number of nitriles is 1. The van der Waals surface area contributed by atoms with Crippen molar-refractivity contribution < 1.29 is 14.3 Å². The number of benzene rings is 1. The summed E-state index contributed by atoms with van der Waals surface area (Å²) in [6.45, 7) is 0.116. The Labute approximate surface area is 156 Å². The van der Waals surface area contributed by atoms with Crippen molar-refractivity contribution in [3.05, 3.63) is 27.7 Å². The van der Waals surface area contributed by atoms with Crippen LogP contribution in [0.25, 0.3) is 6.08 Å². The van der Waals surface area contributed by atoms with Crippen LogP contribution in [0.15, 0.2) is 22.2 Å². The van der Waals surface area contributed by atoms with E-state index in [0.717, 1.165) is 25.7 Å². The van der Waals surface area contributed by atoms with Crippen LogP contribution in [-0.4, -0.2) is 25.7 Å². The molecular formula is C19H19BrN2O3. The van der Waals surface area contributed by atoms with Crippen LogP contribution in [0.1, 0.15) is 31.2 Å². The molecule has 0 atom stereocenters. The van der Waals surface area contributed by atoms with E-state index in [1.165, 1.54) is 13.2 Å². The Morgan fingerprint density at radius 3 is 2.76 bits per heavy atom. The zero-order chi connectivity index (χ0) is 18.2. The van der Waals surface area contributed by atoms with Crippen molar-refractivity contribution in [2.24, 2.45) is 0 Å². The van der Waals surface area contributed by atoms with Gasteiger partial charge in [0.1, 0.15) is 18.2 Å². The third-order valence-corrected chi connectivity index (χ3v) is 4.64. The first kappa shape index (κ1) is 18.9. The molecule has 1 saturated carbocycles. The summed E-state index contributed by atoms with van der Waals surface area (Å²) in [6.07, 6.45) is 10.9. The van der Waals surface area contributed by atoms with Crippen LogP contribution in [0, 0.1) is 23.7 Å². The van der Waals surface area contributed by atoms with Crippen molar-refractivity contribution >= 4 is 27.9 Å². The Morgan fingerprint density at radius 2 is 2.16 bits per heavy atom. The first-order valence-electron chi connectivity index (χ1n) is 7.95. The van der Waals surface area contributed by atoms with Gasteiger partial charge in [-0.1, -0.05) is 34.7 Å². The topological polar surface area (TPSA) is 71.3 Å². The average Bonchev–Trinajstić information content (AvgIpc) is 3.11. The second-order valence-corrected chi connectivity index (χ2v) is 6.50. The van der Waals surface area contributed by atoms with Gasteiger partial charge in [-0.2, -0.15) is 5.26 Å². The van der Waals surface area contributed by atoms with E-state index in [9.17, 15) is 10.1 Å². The predicted octanol–water partition coefficient (Wildman–Crippen LogP) is 3.44. The molecule has 25 heavy (non-hydrogen) atoms. The molecular weight excluding hydrogens is 384 g/mol. The third-order valence-electron chi connectivity index (χ3n) is 3.95. The molecule has 0 aromatic heterocycles. The fraction of sp³-hybridized carbons (Fsp3) is 0.368. The summed E-state index contributed by atoms with van der Waals surface area (Å²) < 4.78 is 11.4. The van der Waals surface area contributed by atoms with E-state index in [0.29, 0.717) is 21.5 Å². The van der Waals surface area contributed by atoms with Crippen LogP contribution < -0.4 is 14.8 Å². The molecule has 1 fully saturated rings. The number of ether oxygens (including phenoxy) is 2. The van der Waals surface area contributed by atoms with Crippen molar-refractivity contribution in [2.45, 2.75) is 31.7 Å². The molecule has 6 heteroatoms. The summed E-state index contributed by atoms with van der Waals surface area (Å²) in [4.78, 5) is 12.3. The summed E-state index contributed by atoms with van der Waals surface area (Å²) in [5.41, 5.74) is 0.690. The zero-order valence-corrected chi connectivity index (χ0v) is 15.6. The lowest BCUT2D eigenvalue weighted by molar-refractivity contribution is -0.117. The quantitative estimate of drug-likeness (QED) is 0.449. The fourth-order valence-corrected chi connectivity index (χ4v) is 3.13. The number of rotatable bonds is 6. The van der Waals surface area contributed by atoms with E-state index < -0.39 is 0 Å². The average molecular weight is 403 g/mol. The molecule has 0 bridgehead atoms. The van der Waals surface area contributed by atoms with Crippen molar-refractivity contribution in [3.63, 3.8) is 0 Å². The number of carbonyl (C=O) groups excluding carboxylic acids is 1. The number of amides is 1. The SMILES string of the molecule is C#CCOc1cc(Br)c(/C=C(/C#N)C(=O)NC2CCCC2)cc1OC. The summed E-state index contributed by atoms with van der Waals surface area (Å²) in [7, 11) is 1.51. The molecule has 0 aliphatic heterocycles. The van der Waals surface area contributed by atoms with Crippen molar-refractivity contribution in [3.8, 4) is 29.9 Å². The Kier molecular flexibility index (Phi) is 6.91. The number of carbonyl (C=O) groups is 1. The molecule has 5 nitrogen and oxygen atoms in total. The highest BCUT2D eigenvalue weighted by Crippen LogP contribution is 2.34. The van der Waals surface area contributed by atoms with Gasteiger partial charge in [-0.25, -0.2) is 0 Å². The summed E-state index contributed by atoms with van der Waals surface area (Å²) in [6, 6.07) is 5.51. The molecule has 1 N–H and O–H groups in total. The Bertz CT molecular complexity index is 753. The molecule has 1 aliphatic carbocycles. The minimum Gasteiger partial charge on any atom is -0.493 e. The van der Waals surface area contributed by atoms with Gasteiger partial charge >= 0.3 is 0 Å². The van der Waals surface area contributed by atoms with Crippen molar-refractivity contribution in [2.75, 3.05) is 13.7 Å². The van der Waals surface area contributed by atoms with Crippen LogP contribution in [0.4, 0.5) is 0 Å². The van der Waals surface area contributed by atoms with Gasteiger partial charge in [-0.3, -0.25) is 4.79 Å². The lowest BCUT2D eigenvalue weighted by Crippen LogP contribution is -2.33. The van der Waals surface area contributed by atoms with Gasteiger partial charge < -0.3 is 14.8 Å². The molecule has 2 rings (SSSR count). The standard InChI is InChI=1S/C19H19BrN2O3/c1-3-8-25-18-11-16(20)13(10-17(18)24-2)9-14(12-21)19(23)22-15-6-4-5-7-15/h1,9-11,15H,4-8H2,2H3,(H,22,23)/b14-9-. The fourth-order valence-electron chi connectivity index (χ4n) is 2.69. The van der Waals surface area contributed by atoms with Gasteiger partial charge in [0.2, 0.25) is 0 Å². The zero-order valence-electron chi connectivity index (χ0n) is 14.0. The number of nitrogens with zero attached hydrogens (tertiary/aromatic N) is 1. The monoisotopic (exact) mass is 402 g/mol. The number of halogens is 1. The van der Waals surface area contributed by atoms with E-state index >= 15 is 0 Å². The van der Waals surface area contributed by atoms with Crippen molar-refractivity contribution in [1.82, 2.24) is 5.32 Å². The smallest absolute Gasteiger partial charge is 0.262 e. The van der Waals surface area contributed by atoms with Gasteiger partial charge in [-0.05, 0) is 36.6 Å². The van der Waals surface area contributed by atoms with Gasteiger partial charge in [-0.15, -0.1) is 6.42 Å². The molecule has 1 aromatic carbocycles. The molecule has 130 valence electrons. The minimum absolute atomic E-state index is 0.0481. The van der Waals surface area contributed by atoms with Gasteiger partial charge in [0.25, 0.3) is 5.91 Å². The molecule has 1 aliphatic rings. The largest absolute Gasteiger partial charge is 0.493 e. The summed E-state index contributed by atoms with van der Waals surface area (Å²) in [5.74, 6) is 2.99. The lowest BCUT2D eigenvalue weighted by Gasteiger charge is -2.13. The number of hydrogen-bond acceptors (Lipinski definition) is 4. The number of nitrogens with one attached hydrogen (secondary N) is 1. The summed E-state index contributed by atoms with van der Waals surface area (Å²) >= 11 is 3.42. The second-order valence-electron chi connectivity index (χ2n) is 5.64. The highest BCUT2D eigenvalue weighted by atomic mass is 79.9. The molecule has 0 radical (unpaired) electrons. The number of terminal acetylenes is 1. The Hall–Kier alpha value is -2.44. The van der Waals surface area contributed by atoms with E-state index in [1.54, 1.807) is 12.1 Å². The van der Waals surface area contributed by atoms with E-state index in [1.807, 2.05) is 6.07 Å². The van der Waals surface area contributed by atoms with Crippen LogP contribution in [0.5, 0.6) is 11.5 Å². The maximum atomic E-state index is 12.3. The van der Waals surface area contributed by atoms with E-state index in [2.05, 4.69) is 27.2 Å². The summed E-state index contributed by atoms with van der Waals surface area (Å²) in [5, 5.41) is 12.3. The molecule has 0 unspecified atom stereocenters.